The average molecular weight is 250 g/mol. The van der Waals surface area contributed by atoms with E-state index in [0.717, 1.165) is 0 Å². The Morgan fingerprint density at radius 3 is 2.50 bits per heavy atom. The highest BCUT2D eigenvalue weighted by Crippen LogP contribution is 2.42. The molecule has 0 rings (SSSR count). The summed E-state index contributed by atoms with van der Waals surface area (Å²) in [7, 11) is -1.52. The van der Waals surface area contributed by atoms with Crippen LogP contribution in [0.15, 0.2) is 12.2 Å². The molecular formula is C10H19O5P. The SMILES string of the molecule is CC=CC(=O)OCCCCOP(C)(=O)OC. The van der Waals surface area contributed by atoms with Crippen molar-refractivity contribution in [3.63, 3.8) is 0 Å². The van der Waals surface area contributed by atoms with Crippen molar-refractivity contribution in [1.29, 1.82) is 0 Å². The Labute approximate surface area is 96.3 Å². The molecule has 0 heterocycles. The molecule has 6 heteroatoms. The monoisotopic (exact) mass is 250 g/mol. The van der Waals surface area contributed by atoms with Crippen LogP contribution >= 0.6 is 7.60 Å². The molecule has 1 atom stereocenters. The van der Waals surface area contributed by atoms with E-state index in [1.807, 2.05) is 0 Å². The van der Waals surface area contributed by atoms with Gasteiger partial charge in [-0.3, -0.25) is 4.57 Å². The molecule has 0 aromatic heterocycles. The Bertz CT molecular complexity index is 274. The molecule has 0 saturated heterocycles. The lowest BCUT2D eigenvalue weighted by Gasteiger charge is -2.10. The van der Waals surface area contributed by atoms with Crippen molar-refractivity contribution in [2.45, 2.75) is 19.8 Å². The van der Waals surface area contributed by atoms with Crippen molar-refractivity contribution < 1.29 is 23.1 Å². The Balaban J connectivity index is 3.41. The molecule has 0 radical (unpaired) electrons. The van der Waals surface area contributed by atoms with Crippen LogP contribution in [0.3, 0.4) is 0 Å². The number of carbonyl (C=O) groups excluding carboxylic acids is 1. The quantitative estimate of drug-likeness (QED) is 0.286. The number of hydrogen-bond acceptors (Lipinski definition) is 5. The third-order valence-electron chi connectivity index (χ3n) is 1.74. The third-order valence-corrected chi connectivity index (χ3v) is 3.06. The van der Waals surface area contributed by atoms with E-state index in [9.17, 15) is 9.36 Å². The second kappa shape index (κ2) is 8.50. The summed E-state index contributed by atoms with van der Waals surface area (Å²) in [6.45, 7) is 3.84. The summed E-state index contributed by atoms with van der Waals surface area (Å²) >= 11 is 0. The minimum absolute atomic E-state index is 0.336. The fourth-order valence-corrected chi connectivity index (χ4v) is 1.41. The summed E-state index contributed by atoms with van der Waals surface area (Å²) in [6.07, 6.45) is 4.33. The molecule has 0 aliphatic heterocycles. The highest BCUT2D eigenvalue weighted by atomic mass is 31.2. The van der Waals surface area contributed by atoms with Crippen molar-refractivity contribution in [2.75, 3.05) is 27.0 Å². The number of esters is 1. The number of hydrogen-bond donors (Lipinski definition) is 0. The second-order valence-corrected chi connectivity index (χ2v) is 5.33. The minimum Gasteiger partial charge on any atom is -0.463 e. The number of allylic oxidation sites excluding steroid dienone is 1. The molecule has 5 nitrogen and oxygen atoms in total. The molecule has 0 N–H and O–H groups in total. The maximum absolute atomic E-state index is 11.3. The smallest absolute Gasteiger partial charge is 0.330 e. The van der Waals surface area contributed by atoms with E-state index in [4.69, 9.17) is 9.26 Å². The van der Waals surface area contributed by atoms with Gasteiger partial charge in [-0.15, -0.1) is 0 Å². The van der Waals surface area contributed by atoms with E-state index in [1.165, 1.54) is 19.9 Å². The predicted molar refractivity (Wildman–Crippen MR) is 61.5 cm³/mol. The van der Waals surface area contributed by atoms with Crippen LogP contribution in [-0.2, 0) is 23.1 Å². The van der Waals surface area contributed by atoms with Crippen LogP contribution in [0.5, 0.6) is 0 Å². The Kier molecular flexibility index (Phi) is 8.16. The van der Waals surface area contributed by atoms with Gasteiger partial charge in [0.15, 0.2) is 0 Å². The first-order valence-electron chi connectivity index (χ1n) is 5.09. The second-order valence-electron chi connectivity index (χ2n) is 3.16. The molecule has 0 aromatic rings. The molecule has 1 unspecified atom stereocenters. The van der Waals surface area contributed by atoms with Crippen molar-refractivity contribution in [3.05, 3.63) is 12.2 Å². The number of carbonyl (C=O) groups is 1. The normalized spacial score (nSPS) is 14.9. The van der Waals surface area contributed by atoms with Gasteiger partial charge in [-0.2, -0.15) is 0 Å². The van der Waals surface area contributed by atoms with Crippen molar-refractivity contribution in [1.82, 2.24) is 0 Å². The van der Waals surface area contributed by atoms with E-state index in [0.29, 0.717) is 26.1 Å². The highest BCUT2D eigenvalue weighted by molar-refractivity contribution is 7.52. The van der Waals surface area contributed by atoms with E-state index in [2.05, 4.69) is 4.52 Å². The zero-order valence-corrected chi connectivity index (χ0v) is 10.9. The van der Waals surface area contributed by atoms with E-state index in [1.54, 1.807) is 13.0 Å². The summed E-state index contributed by atoms with van der Waals surface area (Å²) in [4.78, 5) is 10.9. The van der Waals surface area contributed by atoms with E-state index >= 15 is 0 Å². The zero-order chi connectivity index (χ0) is 12.4. The summed E-state index contributed by atoms with van der Waals surface area (Å²) < 4.78 is 25.8. The molecule has 0 amide bonds. The van der Waals surface area contributed by atoms with Crippen LogP contribution in [0.1, 0.15) is 19.8 Å². The van der Waals surface area contributed by atoms with Gasteiger partial charge in [0.25, 0.3) is 0 Å². The molecule has 0 aliphatic carbocycles. The largest absolute Gasteiger partial charge is 0.463 e. The van der Waals surface area contributed by atoms with Crippen LogP contribution in [0.4, 0.5) is 0 Å². The fraction of sp³-hybridized carbons (Fsp3) is 0.700. The van der Waals surface area contributed by atoms with Gasteiger partial charge in [0.05, 0.1) is 13.2 Å². The van der Waals surface area contributed by atoms with Crippen LogP contribution in [0.2, 0.25) is 0 Å². The van der Waals surface area contributed by atoms with Gasteiger partial charge in [-0.25, -0.2) is 4.79 Å². The molecule has 16 heavy (non-hydrogen) atoms. The van der Waals surface area contributed by atoms with Gasteiger partial charge in [0, 0.05) is 19.9 Å². The molecule has 0 fully saturated rings. The number of unbranched alkanes of at least 4 members (excludes halogenated alkanes) is 1. The first kappa shape index (κ1) is 15.4. The lowest BCUT2D eigenvalue weighted by molar-refractivity contribution is -0.137. The Morgan fingerprint density at radius 2 is 1.94 bits per heavy atom. The fourth-order valence-electron chi connectivity index (χ4n) is 0.844. The van der Waals surface area contributed by atoms with Gasteiger partial charge in [-0.1, -0.05) is 6.08 Å². The predicted octanol–water partition coefficient (Wildman–Crippen LogP) is 2.37. The molecule has 94 valence electrons. The summed E-state index contributed by atoms with van der Waals surface area (Å²) in [5, 5.41) is 0. The van der Waals surface area contributed by atoms with Gasteiger partial charge in [-0.05, 0) is 19.8 Å². The van der Waals surface area contributed by atoms with Crippen molar-refractivity contribution in [2.24, 2.45) is 0 Å². The molecular weight excluding hydrogens is 231 g/mol. The molecule has 0 bridgehead atoms. The lowest BCUT2D eigenvalue weighted by atomic mass is 10.3. The molecule has 0 aliphatic rings. The molecule has 0 spiro atoms. The lowest BCUT2D eigenvalue weighted by Crippen LogP contribution is -2.03. The maximum Gasteiger partial charge on any atom is 0.330 e. The van der Waals surface area contributed by atoms with Gasteiger partial charge >= 0.3 is 13.6 Å². The standard InChI is InChI=1S/C10H19O5P/c1-4-7-10(11)14-8-5-6-9-15-16(3,12)13-2/h4,7H,5-6,8-9H2,1-3H3. The zero-order valence-electron chi connectivity index (χ0n) is 9.97. The van der Waals surface area contributed by atoms with E-state index < -0.39 is 7.60 Å². The minimum atomic E-state index is -2.87. The van der Waals surface area contributed by atoms with Gasteiger partial charge in [0.1, 0.15) is 0 Å². The number of rotatable bonds is 8. The Hall–Kier alpha value is -0.640. The van der Waals surface area contributed by atoms with E-state index in [-0.39, 0.29) is 5.97 Å². The first-order valence-corrected chi connectivity index (χ1v) is 7.08. The van der Waals surface area contributed by atoms with Crippen LogP contribution in [0.25, 0.3) is 0 Å². The van der Waals surface area contributed by atoms with Crippen LogP contribution < -0.4 is 0 Å². The summed E-state index contributed by atoms with van der Waals surface area (Å²) in [5.41, 5.74) is 0. The topological polar surface area (TPSA) is 61.8 Å². The molecule has 0 saturated carbocycles. The van der Waals surface area contributed by atoms with Gasteiger partial charge in [0.2, 0.25) is 0 Å². The summed E-state index contributed by atoms with van der Waals surface area (Å²) in [6, 6.07) is 0. The van der Waals surface area contributed by atoms with Gasteiger partial charge < -0.3 is 13.8 Å². The number of ether oxygens (including phenoxy) is 1. The van der Waals surface area contributed by atoms with Crippen molar-refractivity contribution in [3.8, 4) is 0 Å². The molecule has 0 aromatic carbocycles. The highest BCUT2D eigenvalue weighted by Gasteiger charge is 2.13. The third kappa shape index (κ3) is 8.65. The van der Waals surface area contributed by atoms with Crippen LogP contribution in [0, 0.1) is 0 Å². The maximum atomic E-state index is 11.3. The average Bonchev–Trinajstić information content (AvgIpc) is 2.23. The first-order chi connectivity index (χ1) is 7.52. The van der Waals surface area contributed by atoms with Crippen molar-refractivity contribution >= 4 is 13.6 Å². The van der Waals surface area contributed by atoms with Crippen LogP contribution in [-0.4, -0.2) is 33.0 Å². The summed E-state index contributed by atoms with van der Waals surface area (Å²) in [5.74, 6) is -0.346. The Morgan fingerprint density at radius 1 is 1.31 bits per heavy atom.